The Balaban J connectivity index is 2.37. The summed E-state index contributed by atoms with van der Waals surface area (Å²) in [6.07, 6.45) is 2.61. The largest absolute Gasteiger partial charge is 0.396 e. The number of aliphatic hydroxyl groups excluding tert-OH is 1. The highest BCUT2D eigenvalue weighted by molar-refractivity contribution is 5.00. The molecule has 0 fully saturated rings. The van der Waals surface area contributed by atoms with E-state index < -0.39 is 0 Å². The zero-order valence-electron chi connectivity index (χ0n) is 8.90. The van der Waals surface area contributed by atoms with Crippen LogP contribution < -0.4 is 5.32 Å². The summed E-state index contributed by atoms with van der Waals surface area (Å²) in [4.78, 5) is 0. The number of nitrogens with zero attached hydrogens (tertiary/aromatic N) is 2. The number of rotatable bonds is 6. The first-order chi connectivity index (χ1) is 6.77. The van der Waals surface area contributed by atoms with Crippen LogP contribution in [0.3, 0.4) is 0 Å². The maximum Gasteiger partial charge on any atom is 0.0522 e. The summed E-state index contributed by atoms with van der Waals surface area (Å²) < 4.78 is 1.97. The van der Waals surface area contributed by atoms with Crippen molar-refractivity contribution in [3.05, 3.63) is 18.0 Å². The van der Waals surface area contributed by atoms with Crippen LogP contribution in [-0.4, -0.2) is 27.5 Å². The Morgan fingerprint density at radius 2 is 2.43 bits per heavy atom. The fraction of sp³-hybridized carbons (Fsp3) is 0.700. The third-order valence-corrected chi connectivity index (χ3v) is 2.30. The zero-order chi connectivity index (χ0) is 10.4. The minimum atomic E-state index is 0.237. The molecule has 4 nitrogen and oxygen atoms in total. The summed E-state index contributed by atoms with van der Waals surface area (Å²) in [5.74, 6) is 0. The maximum atomic E-state index is 8.74. The molecule has 1 heterocycles. The number of hydrogen-bond donors (Lipinski definition) is 2. The normalized spacial score (nSPS) is 13.1. The Morgan fingerprint density at radius 3 is 3.07 bits per heavy atom. The van der Waals surface area contributed by atoms with Crippen molar-refractivity contribution in [3.63, 3.8) is 0 Å². The predicted molar refractivity (Wildman–Crippen MR) is 55.9 cm³/mol. The van der Waals surface area contributed by atoms with Crippen molar-refractivity contribution in [3.8, 4) is 0 Å². The number of hydrogen-bond acceptors (Lipinski definition) is 3. The quantitative estimate of drug-likeness (QED) is 0.708. The minimum absolute atomic E-state index is 0.237. The van der Waals surface area contributed by atoms with E-state index in [4.69, 9.17) is 5.11 Å². The molecular formula is C10H19N3O. The molecule has 80 valence electrons. The molecule has 0 radical (unpaired) electrons. The van der Waals surface area contributed by atoms with Gasteiger partial charge in [0.1, 0.15) is 0 Å². The monoisotopic (exact) mass is 197 g/mol. The molecule has 1 aromatic heterocycles. The van der Waals surface area contributed by atoms with Gasteiger partial charge in [0.05, 0.1) is 5.69 Å². The van der Waals surface area contributed by atoms with Crippen LogP contribution in [0.4, 0.5) is 0 Å². The molecule has 0 aliphatic heterocycles. The Labute approximate surface area is 84.9 Å². The lowest BCUT2D eigenvalue weighted by molar-refractivity contribution is 0.268. The van der Waals surface area contributed by atoms with Crippen molar-refractivity contribution in [2.45, 2.75) is 39.4 Å². The van der Waals surface area contributed by atoms with Crippen molar-refractivity contribution in [1.82, 2.24) is 15.1 Å². The molecule has 2 N–H and O–H groups in total. The minimum Gasteiger partial charge on any atom is -0.396 e. The van der Waals surface area contributed by atoms with E-state index >= 15 is 0 Å². The van der Waals surface area contributed by atoms with Gasteiger partial charge in [-0.1, -0.05) is 0 Å². The molecule has 0 bridgehead atoms. The van der Waals surface area contributed by atoms with Gasteiger partial charge in [-0.3, -0.25) is 4.68 Å². The van der Waals surface area contributed by atoms with E-state index in [1.54, 1.807) is 0 Å². The predicted octanol–water partition coefficient (Wildman–Crippen LogP) is 0.763. The van der Waals surface area contributed by atoms with Crippen LogP contribution in [0.25, 0.3) is 0 Å². The number of aryl methyl sites for hydroxylation is 1. The van der Waals surface area contributed by atoms with Gasteiger partial charge in [-0.2, -0.15) is 5.10 Å². The molecule has 0 aliphatic carbocycles. The third kappa shape index (κ3) is 3.12. The van der Waals surface area contributed by atoms with Gasteiger partial charge in [0.25, 0.3) is 0 Å². The van der Waals surface area contributed by atoms with Crippen LogP contribution in [0.15, 0.2) is 12.3 Å². The molecule has 0 amide bonds. The average molecular weight is 197 g/mol. The van der Waals surface area contributed by atoms with Crippen molar-refractivity contribution < 1.29 is 5.11 Å². The summed E-state index contributed by atoms with van der Waals surface area (Å²) in [6, 6.07) is 2.36. The second-order valence-electron chi connectivity index (χ2n) is 3.43. The van der Waals surface area contributed by atoms with Gasteiger partial charge >= 0.3 is 0 Å². The van der Waals surface area contributed by atoms with Crippen LogP contribution in [0.1, 0.15) is 26.0 Å². The van der Waals surface area contributed by atoms with Crippen molar-refractivity contribution in [1.29, 1.82) is 0 Å². The van der Waals surface area contributed by atoms with Crippen LogP contribution in [0.2, 0.25) is 0 Å². The van der Waals surface area contributed by atoms with Gasteiger partial charge in [0, 0.05) is 31.9 Å². The zero-order valence-corrected chi connectivity index (χ0v) is 8.90. The number of aliphatic hydroxyl groups is 1. The van der Waals surface area contributed by atoms with Crippen molar-refractivity contribution in [2.24, 2.45) is 0 Å². The van der Waals surface area contributed by atoms with Gasteiger partial charge in [-0.25, -0.2) is 0 Å². The number of aromatic nitrogens is 2. The van der Waals surface area contributed by atoms with E-state index in [0.29, 0.717) is 6.04 Å². The van der Waals surface area contributed by atoms with E-state index in [1.807, 2.05) is 16.9 Å². The molecule has 4 heteroatoms. The standard InChI is InChI=1S/C10H19N3O/c1-3-13-10(4-6-12-13)8-11-9(2)5-7-14/h4,6,9,11,14H,3,5,7-8H2,1-2H3/t9-/m1/s1. The van der Waals surface area contributed by atoms with E-state index in [0.717, 1.165) is 19.5 Å². The van der Waals surface area contributed by atoms with Crippen LogP contribution in [0, 0.1) is 0 Å². The lowest BCUT2D eigenvalue weighted by atomic mass is 10.2. The Hall–Kier alpha value is -0.870. The summed E-state index contributed by atoms with van der Waals surface area (Å²) >= 11 is 0. The Morgan fingerprint density at radius 1 is 1.64 bits per heavy atom. The Kier molecular flexibility index (Phi) is 4.62. The first-order valence-electron chi connectivity index (χ1n) is 5.12. The molecule has 0 saturated heterocycles. The highest BCUT2D eigenvalue weighted by atomic mass is 16.3. The fourth-order valence-electron chi connectivity index (χ4n) is 1.37. The van der Waals surface area contributed by atoms with Crippen LogP contribution in [0.5, 0.6) is 0 Å². The number of nitrogens with one attached hydrogen (secondary N) is 1. The van der Waals surface area contributed by atoms with E-state index in [9.17, 15) is 0 Å². The molecule has 1 atom stereocenters. The molecule has 0 aliphatic rings. The molecule has 0 saturated carbocycles. The van der Waals surface area contributed by atoms with Crippen LogP contribution in [-0.2, 0) is 13.1 Å². The van der Waals surface area contributed by atoms with E-state index in [1.165, 1.54) is 5.69 Å². The molecule has 1 aromatic rings. The van der Waals surface area contributed by atoms with Gasteiger partial charge < -0.3 is 10.4 Å². The maximum absolute atomic E-state index is 8.74. The molecule has 0 unspecified atom stereocenters. The van der Waals surface area contributed by atoms with Crippen molar-refractivity contribution in [2.75, 3.05) is 6.61 Å². The van der Waals surface area contributed by atoms with E-state index in [-0.39, 0.29) is 6.61 Å². The average Bonchev–Trinajstić information content (AvgIpc) is 2.62. The SMILES string of the molecule is CCn1nccc1CN[C@H](C)CCO. The van der Waals surface area contributed by atoms with Crippen LogP contribution >= 0.6 is 0 Å². The van der Waals surface area contributed by atoms with E-state index in [2.05, 4.69) is 24.3 Å². The summed E-state index contributed by atoms with van der Waals surface area (Å²) in [5, 5.41) is 16.3. The van der Waals surface area contributed by atoms with Gasteiger partial charge in [0.2, 0.25) is 0 Å². The second kappa shape index (κ2) is 5.78. The smallest absolute Gasteiger partial charge is 0.0522 e. The summed E-state index contributed by atoms with van der Waals surface area (Å²) in [7, 11) is 0. The summed E-state index contributed by atoms with van der Waals surface area (Å²) in [5.41, 5.74) is 1.19. The molecule has 0 spiro atoms. The first-order valence-corrected chi connectivity index (χ1v) is 5.12. The van der Waals surface area contributed by atoms with Gasteiger partial charge in [0.15, 0.2) is 0 Å². The third-order valence-electron chi connectivity index (χ3n) is 2.30. The summed E-state index contributed by atoms with van der Waals surface area (Å²) in [6.45, 7) is 6.10. The molecular weight excluding hydrogens is 178 g/mol. The molecule has 0 aromatic carbocycles. The fourth-order valence-corrected chi connectivity index (χ4v) is 1.37. The lowest BCUT2D eigenvalue weighted by Crippen LogP contribution is -2.27. The van der Waals surface area contributed by atoms with Gasteiger partial charge in [-0.15, -0.1) is 0 Å². The Bertz CT molecular complexity index is 260. The second-order valence-corrected chi connectivity index (χ2v) is 3.43. The van der Waals surface area contributed by atoms with Crippen molar-refractivity contribution >= 4 is 0 Å². The highest BCUT2D eigenvalue weighted by Crippen LogP contribution is 1.99. The first kappa shape index (κ1) is 11.2. The molecule has 14 heavy (non-hydrogen) atoms. The highest BCUT2D eigenvalue weighted by Gasteiger charge is 2.03. The van der Waals surface area contributed by atoms with Gasteiger partial charge in [-0.05, 0) is 26.3 Å². The molecule has 1 rings (SSSR count). The topological polar surface area (TPSA) is 50.1 Å². The lowest BCUT2D eigenvalue weighted by Gasteiger charge is -2.12.